The summed E-state index contributed by atoms with van der Waals surface area (Å²) in [5, 5.41) is 16.7. The molecule has 3 aliphatic rings. The van der Waals surface area contributed by atoms with Gasteiger partial charge < -0.3 is 29.4 Å². The number of anilines is 1. The lowest BCUT2D eigenvalue weighted by molar-refractivity contribution is -0.137. The maximum absolute atomic E-state index is 16.4. The van der Waals surface area contributed by atoms with Gasteiger partial charge in [-0.15, -0.1) is 5.10 Å². The predicted molar refractivity (Wildman–Crippen MR) is 164 cm³/mol. The van der Waals surface area contributed by atoms with Crippen LogP contribution >= 0.6 is 11.6 Å². The number of amides is 2. The predicted octanol–water partition coefficient (Wildman–Crippen LogP) is 3.72. The minimum atomic E-state index is -4.65. The van der Waals surface area contributed by atoms with Crippen LogP contribution < -0.4 is 10.9 Å². The zero-order valence-corrected chi connectivity index (χ0v) is 26.1. The zero-order valence-electron chi connectivity index (χ0n) is 25.3. The van der Waals surface area contributed by atoms with Gasteiger partial charge in [0.1, 0.15) is 17.9 Å². The average molecular weight is 704 g/mol. The lowest BCUT2D eigenvalue weighted by Gasteiger charge is -2.41. The van der Waals surface area contributed by atoms with Gasteiger partial charge in [-0.2, -0.15) is 22.7 Å². The molecule has 2 amide bonds. The summed E-state index contributed by atoms with van der Waals surface area (Å²) in [6, 6.07) is 5.20. The smallest absolute Gasteiger partial charge is 0.416 e. The van der Waals surface area contributed by atoms with Gasteiger partial charge in [0.05, 0.1) is 53.9 Å². The first kappa shape index (κ1) is 32.7. The Labute approximate surface area is 278 Å². The van der Waals surface area contributed by atoms with Gasteiger partial charge in [-0.05, 0) is 42.3 Å². The van der Waals surface area contributed by atoms with E-state index < -0.39 is 54.0 Å². The number of aromatic nitrogens is 5. The van der Waals surface area contributed by atoms with Crippen molar-refractivity contribution in [3.05, 3.63) is 86.3 Å². The highest BCUT2D eigenvalue weighted by atomic mass is 35.5. The molecule has 2 atom stereocenters. The number of likely N-dealkylation sites (tertiary alicyclic amines) is 1. The third-order valence-corrected chi connectivity index (χ3v) is 9.09. The Morgan fingerprint density at radius 3 is 2.73 bits per heavy atom. The van der Waals surface area contributed by atoms with Crippen LogP contribution in [0.4, 0.5) is 23.2 Å². The largest absolute Gasteiger partial charge is 0.505 e. The quantitative estimate of drug-likeness (QED) is 0.296. The van der Waals surface area contributed by atoms with Crippen molar-refractivity contribution in [3.63, 3.8) is 0 Å². The van der Waals surface area contributed by atoms with E-state index in [0.29, 0.717) is 31.3 Å². The monoisotopic (exact) mass is 703 g/mol. The summed E-state index contributed by atoms with van der Waals surface area (Å²) < 4.78 is 69.6. The molecule has 6 heterocycles. The third kappa shape index (κ3) is 5.70. The van der Waals surface area contributed by atoms with Crippen molar-refractivity contribution < 1.29 is 41.7 Å². The molecule has 7 rings (SSSR count). The minimum Gasteiger partial charge on any atom is -0.505 e. The Balaban J connectivity index is 1.26. The van der Waals surface area contributed by atoms with Gasteiger partial charge in [0.25, 0.3) is 11.5 Å². The van der Waals surface area contributed by atoms with Gasteiger partial charge in [0.2, 0.25) is 11.7 Å². The topological polar surface area (TPSA) is 153 Å². The first-order valence-electron chi connectivity index (χ1n) is 15.1. The molecule has 13 nitrogen and oxygen atoms in total. The van der Waals surface area contributed by atoms with E-state index in [1.165, 1.54) is 27.8 Å². The highest BCUT2D eigenvalue weighted by Crippen LogP contribution is 2.45. The molecule has 256 valence electrons. The van der Waals surface area contributed by atoms with E-state index in [1.807, 2.05) is 0 Å². The number of piperidine rings is 1. The number of benzene rings is 1. The summed E-state index contributed by atoms with van der Waals surface area (Å²) in [5.74, 6) is -1.66. The standard InChI is InChI=1S/C31H26ClF4N7O6/c32-18-12-17(31(34,35)36)3-4-19(18)38-23(45)14-42-20-15-49-30(7-9-41(13-22(30)33)28(47)25-21(44)2-1-8-37-25)24(20)27(46)43-29(42)39-26(40-43)16-5-10-48-11-6-16/h1-5,8,12,22,44H,6-7,9-11,13-15H2,(H,38,45)/t22-,30-/m0/s1. The van der Waals surface area contributed by atoms with E-state index in [1.54, 1.807) is 6.08 Å². The van der Waals surface area contributed by atoms with Crippen LogP contribution in [0, 0.1) is 0 Å². The maximum Gasteiger partial charge on any atom is 0.416 e. The number of hydrogen-bond acceptors (Lipinski definition) is 9. The van der Waals surface area contributed by atoms with Crippen molar-refractivity contribution in [1.82, 2.24) is 29.0 Å². The Kier molecular flexibility index (Phi) is 8.15. The van der Waals surface area contributed by atoms with Crippen molar-refractivity contribution in [2.75, 3.05) is 31.6 Å². The molecule has 0 unspecified atom stereocenters. The van der Waals surface area contributed by atoms with Crippen LogP contribution in [0.2, 0.25) is 5.02 Å². The SMILES string of the molecule is O=C(Cn1c2c(c(=O)n3nc(C4=CCOCC4)nc13)[C@@]1(CCN(C(=O)c3ncccc3O)C[C@@H]1F)OC2)Nc1ccc(C(F)(F)F)cc1Cl. The molecule has 0 bridgehead atoms. The van der Waals surface area contributed by atoms with Gasteiger partial charge in [-0.1, -0.05) is 17.7 Å². The van der Waals surface area contributed by atoms with Gasteiger partial charge in [-0.25, -0.2) is 9.37 Å². The summed E-state index contributed by atoms with van der Waals surface area (Å²) in [4.78, 5) is 50.3. The fourth-order valence-corrected chi connectivity index (χ4v) is 6.56. The summed E-state index contributed by atoms with van der Waals surface area (Å²) in [6.07, 6.45) is -3.19. The van der Waals surface area contributed by atoms with E-state index in [9.17, 15) is 32.7 Å². The molecule has 1 saturated heterocycles. The second-order valence-electron chi connectivity index (χ2n) is 11.7. The highest BCUT2D eigenvalue weighted by molar-refractivity contribution is 6.33. The molecule has 0 aliphatic carbocycles. The number of rotatable bonds is 5. The second-order valence-corrected chi connectivity index (χ2v) is 12.1. The van der Waals surface area contributed by atoms with Crippen molar-refractivity contribution in [2.24, 2.45) is 0 Å². The fourth-order valence-electron chi connectivity index (χ4n) is 6.33. The van der Waals surface area contributed by atoms with E-state index in [4.69, 9.17) is 21.1 Å². The number of nitrogens with zero attached hydrogens (tertiary/aromatic N) is 6. The average Bonchev–Trinajstić information content (AvgIpc) is 3.69. The van der Waals surface area contributed by atoms with Crippen molar-refractivity contribution in [1.29, 1.82) is 0 Å². The maximum atomic E-state index is 16.4. The lowest BCUT2D eigenvalue weighted by Crippen LogP contribution is -2.55. The molecule has 1 aromatic carbocycles. The van der Waals surface area contributed by atoms with Crippen LogP contribution in [-0.4, -0.2) is 78.4 Å². The van der Waals surface area contributed by atoms with E-state index >= 15 is 4.39 Å². The number of halogens is 5. The Hall–Kier alpha value is -4.87. The minimum absolute atomic E-state index is 0.0471. The number of nitrogens with one attached hydrogen (secondary N) is 1. The molecule has 2 N–H and O–H groups in total. The normalized spacial score (nSPS) is 20.8. The number of fused-ring (bicyclic) bond motifs is 3. The summed E-state index contributed by atoms with van der Waals surface area (Å²) >= 11 is 6.06. The van der Waals surface area contributed by atoms with Crippen LogP contribution in [-0.2, 0) is 39.2 Å². The number of ether oxygens (including phenoxy) is 2. The first-order chi connectivity index (χ1) is 23.4. The molecule has 0 radical (unpaired) electrons. The van der Waals surface area contributed by atoms with E-state index in [2.05, 4.69) is 20.4 Å². The van der Waals surface area contributed by atoms with Crippen LogP contribution in [0.3, 0.4) is 0 Å². The fraction of sp³-hybridized carbons (Fsp3) is 0.355. The number of carbonyl (C=O) groups is 2. The zero-order chi connectivity index (χ0) is 34.7. The molecule has 1 spiro atoms. The molecular weight excluding hydrogens is 678 g/mol. The Morgan fingerprint density at radius 1 is 1.22 bits per heavy atom. The van der Waals surface area contributed by atoms with Gasteiger partial charge in [0.15, 0.2) is 17.7 Å². The van der Waals surface area contributed by atoms with Crippen molar-refractivity contribution in [3.8, 4) is 5.75 Å². The van der Waals surface area contributed by atoms with Gasteiger partial charge >= 0.3 is 6.18 Å². The number of aromatic hydroxyl groups is 1. The number of pyridine rings is 1. The number of carbonyl (C=O) groups excluding carboxylic acids is 2. The third-order valence-electron chi connectivity index (χ3n) is 8.78. The lowest BCUT2D eigenvalue weighted by atomic mass is 9.83. The molecular formula is C31H26ClF4N7O6. The number of hydrogen-bond donors (Lipinski definition) is 2. The van der Waals surface area contributed by atoms with E-state index in [0.717, 1.165) is 16.6 Å². The summed E-state index contributed by atoms with van der Waals surface area (Å²) in [7, 11) is 0. The highest BCUT2D eigenvalue weighted by Gasteiger charge is 2.54. The van der Waals surface area contributed by atoms with Gasteiger partial charge in [0, 0.05) is 19.2 Å². The molecule has 4 aromatic rings. The Morgan fingerprint density at radius 2 is 2.04 bits per heavy atom. The molecule has 0 saturated carbocycles. The van der Waals surface area contributed by atoms with Gasteiger partial charge in [-0.3, -0.25) is 14.4 Å². The van der Waals surface area contributed by atoms with Crippen molar-refractivity contribution >= 4 is 40.5 Å². The van der Waals surface area contributed by atoms with Crippen LogP contribution in [0.25, 0.3) is 11.4 Å². The molecule has 3 aromatic heterocycles. The molecule has 3 aliphatic heterocycles. The summed E-state index contributed by atoms with van der Waals surface area (Å²) in [5.41, 5.74) is -3.13. The molecule has 1 fully saturated rings. The second kappa shape index (κ2) is 12.2. The van der Waals surface area contributed by atoms with Crippen LogP contribution in [0.5, 0.6) is 5.75 Å². The van der Waals surface area contributed by atoms with E-state index in [-0.39, 0.29) is 64.6 Å². The number of alkyl halides is 4. The summed E-state index contributed by atoms with van der Waals surface area (Å²) in [6.45, 7) is -0.686. The first-order valence-corrected chi connectivity index (χ1v) is 15.4. The van der Waals surface area contributed by atoms with Crippen LogP contribution in [0.1, 0.15) is 46.0 Å². The molecule has 49 heavy (non-hydrogen) atoms. The van der Waals surface area contributed by atoms with Crippen molar-refractivity contribution in [2.45, 2.75) is 43.9 Å². The molecule has 18 heteroatoms. The Bertz CT molecular complexity index is 2100. The van der Waals surface area contributed by atoms with Crippen LogP contribution in [0.15, 0.2) is 47.4 Å².